The molecule has 0 saturated carbocycles. The summed E-state index contributed by atoms with van der Waals surface area (Å²) in [6.07, 6.45) is 3.73. The van der Waals surface area contributed by atoms with Crippen molar-refractivity contribution in [2.24, 2.45) is 0 Å². The molecular weight excluding hydrogens is 582 g/mol. The molecule has 0 spiro atoms. The summed E-state index contributed by atoms with van der Waals surface area (Å²) in [7, 11) is 0. The molecule has 4 aromatic rings. The SMILES string of the molecule is Cc1c(COc2cc(OCc3cncc(C#N)c3)c(CN3CCC3C(=O)O)cc2Cl)cccc1-c1ccc2c(c1)OCCO2. The van der Waals surface area contributed by atoms with Gasteiger partial charge in [-0.05, 0) is 59.9 Å². The maximum Gasteiger partial charge on any atom is 0.320 e. The number of fused-ring (bicyclic) bond motifs is 1. The molecule has 1 unspecified atom stereocenters. The largest absolute Gasteiger partial charge is 0.488 e. The van der Waals surface area contributed by atoms with Gasteiger partial charge in [0.25, 0.3) is 0 Å². The molecule has 2 aliphatic heterocycles. The van der Waals surface area contributed by atoms with Gasteiger partial charge in [0.05, 0.1) is 10.6 Å². The summed E-state index contributed by atoms with van der Waals surface area (Å²) in [5.74, 6) is 1.59. The van der Waals surface area contributed by atoms with Crippen molar-refractivity contribution in [3.05, 3.63) is 99.8 Å². The zero-order valence-corrected chi connectivity index (χ0v) is 24.8. The number of halogens is 1. The molecule has 6 rings (SSSR count). The van der Waals surface area contributed by atoms with E-state index in [1.807, 2.05) is 35.2 Å². The average Bonchev–Trinajstić information content (AvgIpc) is 3.02. The van der Waals surface area contributed by atoms with Gasteiger partial charge in [-0.2, -0.15) is 5.26 Å². The summed E-state index contributed by atoms with van der Waals surface area (Å²) < 4.78 is 23.9. The van der Waals surface area contributed by atoms with Crippen molar-refractivity contribution in [1.29, 1.82) is 5.26 Å². The van der Waals surface area contributed by atoms with Crippen molar-refractivity contribution in [2.75, 3.05) is 19.8 Å². The monoisotopic (exact) mass is 611 g/mol. The number of ether oxygens (including phenoxy) is 4. The lowest BCUT2D eigenvalue weighted by atomic mass is 9.96. The molecule has 224 valence electrons. The van der Waals surface area contributed by atoms with Crippen LogP contribution in [0.2, 0.25) is 5.02 Å². The summed E-state index contributed by atoms with van der Waals surface area (Å²) in [6, 6.07) is 18.8. The number of carboxylic acid groups (broad SMARTS) is 1. The first-order chi connectivity index (χ1) is 21.4. The predicted molar refractivity (Wildman–Crippen MR) is 163 cm³/mol. The van der Waals surface area contributed by atoms with Gasteiger partial charge in [-0.1, -0.05) is 35.9 Å². The van der Waals surface area contributed by atoms with Crippen molar-refractivity contribution in [2.45, 2.75) is 39.1 Å². The maximum absolute atomic E-state index is 11.6. The zero-order valence-electron chi connectivity index (χ0n) is 24.1. The van der Waals surface area contributed by atoms with E-state index in [4.69, 9.17) is 30.5 Å². The second-order valence-corrected chi connectivity index (χ2v) is 11.1. The smallest absolute Gasteiger partial charge is 0.320 e. The Balaban J connectivity index is 1.24. The highest BCUT2D eigenvalue weighted by Crippen LogP contribution is 2.38. The van der Waals surface area contributed by atoms with Crippen molar-refractivity contribution in [1.82, 2.24) is 9.88 Å². The third-order valence-corrected chi connectivity index (χ3v) is 8.20. The number of nitriles is 1. The Morgan fingerprint density at radius 2 is 1.86 bits per heavy atom. The molecule has 0 radical (unpaired) electrons. The van der Waals surface area contributed by atoms with Crippen LogP contribution in [-0.2, 0) is 24.6 Å². The van der Waals surface area contributed by atoms with Gasteiger partial charge in [-0.25, -0.2) is 0 Å². The highest BCUT2D eigenvalue weighted by atomic mass is 35.5. The average molecular weight is 612 g/mol. The van der Waals surface area contributed by atoms with E-state index in [9.17, 15) is 15.2 Å². The van der Waals surface area contributed by atoms with E-state index in [-0.39, 0.29) is 13.2 Å². The second kappa shape index (κ2) is 12.8. The predicted octanol–water partition coefficient (Wildman–Crippen LogP) is 6.17. The number of aromatic nitrogens is 1. The fraction of sp³-hybridized carbons (Fsp3) is 0.265. The molecule has 1 atom stereocenters. The minimum absolute atomic E-state index is 0.162. The number of likely N-dealkylation sites (tertiary alicyclic amines) is 1. The molecule has 3 heterocycles. The van der Waals surface area contributed by atoms with E-state index in [2.05, 4.69) is 24.0 Å². The Hall–Kier alpha value is -4.78. The van der Waals surface area contributed by atoms with Gasteiger partial charge in [0.2, 0.25) is 0 Å². The van der Waals surface area contributed by atoms with Crippen LogP contribution in [0.15, 0.2) is 67.0 Å². The van der Waals surface area contributed by atoms with E-state index in [1.165, 1.54) is 6.20 Å². The van der Waals surface area contributed by atoms with Crippen LogP contribution in [0.4, 0.5) is 0 Å². The number of nitrogens with zero attached hydrogens (tertiary/aromatic N) is 3. The highest BCUT2D eigenvalue weighted by molar-refractivity contribution is 6.32. The van der Waals surface area contributed by atoms with Crippen LogP contribution in [0.25, 0.3) is 11.1 Å². The maximum atomic E-state index is 11.6. The lowest BCUT2D eigenvalue weighted by Gasteiger charge is -2.38. The summed E-state index contributed by atoms with van der Waals surface area (Å²) in [4.78, 5) is 17.6. The normalized spacial score (nSPS) is 15.6. The molecule has 0 amide bonds. The van der Waals surface area contributed by atoms with Crippen LogP contribution in [0.3, 0.4) is 0 Å². The highest BCUT2D eigenvalue weighted by Gasteiger charge is 2.34. The van der Waals surface area contributed by atoms with E-state index in [0.29, 0.717) is 54.8 Å². The molecule has 44 heavy (non-hydrogen) atoms. The van der Waals surface area contributed by atoms with Gasteiger partial charge in [0.15, 0.2) is 11.5 Å². The number of hydrogen-bond donors (Lipinski definition) is 1. The number of hydrogen-bond acceptors (Lipinski definition) is 8. The number of rotatable bonds is 10. The zero-order chi connectivity index (χ0) is 30.6. The number of carboxylic acids is 1. The van der Waals surface area contributed by atoms with Gasteiger partial charge in [0.1, 0.15) is 50.0 Å². The Morgan fingerprint density at radius 3 is 2.64 bits per heavy atom. The standard InChI is InChI=1S/C34H30ClN3O6/c1-21-25(3-2-4-27(21)24-5-6-30-33(13-24)42-10-9-41-30)20-44-32-14-31(43-19-23-11-22(15-36)16-37-17-23)26(12-28(32)35)18-38-8-7-29(38)34(39)40/h2-6,11-14,16-17,29H,7-10,18-20H2,1H3,(H,39,40). The van der Waals surface area contributed by atoms with Crippen LogP contribution < -0.4 is 18.9 Å². The Kier molecular flexibility index (Phi) is 8.55. The molecule has 2 aliphatic rings. The lowest BCUT2D eigenvalue weighted by Crippen LogP contribution is -2.51. The molecule has 0 bridgehead atoms. The van der Waals surface area contributed by atoms with Gasteiger partial charge >= 0.3 is 5.97 Å². The third kappa shape index (κ3) is 6.27. The van der Waals surface area contributed by atoms with Gasteiger partial charge in [-0.15, -0.1) is 0 Å². The lowest BCUT2D eigenvalue weighted by molar-refractivity contribution is -0.148. The van der Waals surface area contributed by atoms with Crippen LogP contribution in [0.5, 0.6) is 23.0 Å². The Labute approximate surface area is 260 Å². The first-order valence-corrected chi connectivity index (χ1v) is 14.6. The summed E-state index contributed by atoms with van der Waals surface area (Å²) in [6.45, 7) is 4.58. The van der Waals surface area contributed by atoms with E-state index in [0.717, 1.165) is 44.9 Å². The van der Waals surface area contributed by atoms with Crippen molar-refractivity contribution in [3.63, 3.8) is 0 Å². The quantitative estimate of drug-likeness (QED) is 0.225. The van der Waals surface area contributed by atoms with E-state index < -0.39 is 12.0 Å². The van der Waals surface area contributed by atoms with Gasteiger partial charge < -0.3 is 24.1 Å². The molecule has 1 aromatic heterocycles. The van der Waals surface area contributed by atoms with Crippen LogP contribution in [-0.4, -0.2) is 46.8 Å². The molecule has 9 nitrogen and oxygen atoms in total. The van der Waals surface area contributed by atoms with Crippen LogP contribution >= 0.6 is 11.6 Å². The van der Waals surface area contributed by atoms with Gasteiger partial charge in [0, 0.05) is 42.7 Å². The Bertz CT molecular complexity index is 1750. The molecule has 1 fully saturated rings. The van der Waals surface area contributed by atoms with Crippen molar-refractivity contribution >= 4 is 17.6 Å². The fourth-order valence-electron chi connectivity index (χ4n) is 5.38. The summed E-state index contributed by atoms with van der Waals surface area (Å²) >= 11 is 6.72. The summed E-state index contributed by atoms with van der Waals surface area (Å²) in [5.41, 5.74) is 6.04. The number of aliphatic carboxylic acids is 1. The van der Waals surface area contributed by atoms with Gasteiger partial charge in [-0.3, -0.25) is 14.7 Å². The van der Waals surface area contributed by atoms with E-state index in [1.54, 1.807) is 24.4 Å². The first kappa shape index (κ1) is 29.3. The fourth-order valence-corrected chi connectivity index (χ4v) is 5.62. The molecule has 1 N–H and O–H groups in total. The molecule has 0 aliphatic carbocycles. The molecule has 1 saturated heterocycles. The van der Waals surface area contributed by atoms with Crippen LogP contribution in [0.1, 0.15) is 34.2 Å². The minimum Gasteiger partial charge on any atom is -0.488 e. The van der Waals surface area contributed by atoms with Crippen LogP contribution in [0, 0.1) is 18.3 Å². The van der Waals surface area contributed by atoms with Crippen molar-refractivity contribution in [3.8, 4) is 40.2 Å². The third-order valence-electron chi connectivity index (χ3n) is 7.90. The number of pyridine rings is 1. The number of benzene rings is 3. The first-order valence-electron chi connectivity index (χ1n) is 14.3. The Morgan fingerprint density at radius 1 is 1.05 bits per heavy atom. The summed E-state index contributed by atoms with van der Waals surface area (Å²) in [5, 5.41) is 19.2. The minimum atomic E-state index is -0.849. The second-order valence-electron chi connectivity index (χ2n) is 10.7. The molecular formula is C34H30ClN3O6. The molecule has 3 aromatic carbocycles. The van der Waals surface area contributed by atoms with E-state index >= 15 is 0 Å². The molecule has 10 heteroatoms. The van der Waals surface area contributed by atoms with Crippen molar-refractivity contribution < 1.29 is 28.8 Å². The topological polar surface area (TPSA) is 114 Å². The number of carbonyl (C=O) groups is 1.